The van der Waals surface area contributed by atoms with Crippen molar-refractivity contribution in [2.24, 2.45) is 0 Å². The number of thioether (sulfide) groups is 1. The zero-order chi connectivity index (χ0) is 21.7. The number of amides is 1. The lowest BCUT2D eigenvalue weighted by Gasteiger charge is -2.30. The minimum Gasteiger partial charge on any atom is -0.390 e. The normalized spacial score (nSPS) is 17.8. The maximum absolute atomic E-state index is 13.5. The molecule has 1 heterocycles. The van der Waals surface area contributed by atoms with E-state index in [-0.39, 0.29) is 24.9 Å². The molecule has 4 nitrogen and oxygen atoms in total. The van der Waals surface area contributed by atoms with Gasteiger partial charge in [-0.05, 0) is 47.2 Å². The van der Waals surface area contributed by atoms with Crippen LogP contribution in [-0.4, -0.2) is 35.5 Å². The summed E-state index contributed by atoms with van der Waals surface area (Å²) in [4.78, 5) is 11.6. The lowest BCUT2D eigenvalue weighted by atomic mass is 9.97. The number of hydrogen-bond acceptors (Lipinski definition) is 4. The Kier molecular flexibility index (Phi) is 7.86. The lowest BCUT2D eigenvalue weighted by molar-refractivity contribution is -0.120. The van der Waals surface area contributed by atoms with Gasteiger partial charge >= 0.3 is 0 Å². The molecule has 0 saturated carbocycles. The molecule has 0 fully saturated rings. The molecular weight excluding hydrogens is 406 g/mol. The van der Waals surface area contributed by atoms with E-state index in [0.717, 1.165) is 24.0 Å². The first-order chi connectivity index (χ1) is 14.4. The third kappa shape index (κ3) is 6.03. The van der Waals surface area contributed by atoms with E-state index in [1.807, 2.05) is 11.8 Å². The Morgan fingerprint density at radius 2 is 1.93 bits per heavy atom. The molecule has 1 amide bonds. The van der Waals surface area contributed by atoms with E-state index < -0.39 is 23.8 Å². The Hall–Kier alpha value is -1.96. The number of aliphatic hydroxyl groups is 1. The first-order valence-electron chi connectivity index (χ1n) is 10.2. The summed E-state index contributed by atoms with van der Waals surface area (Å²) in [6, 6.07) is 9.23. The van der Waals surface area contributed by atoms with Gasteiger partial charge in [0.1, 0.15) is 11.6 Å². The minimum absolute atomic E-state index is 0.101. The van der Waals surface area contributed by atoms with Crippen LogP contribution in [0.5, 0.6) is 0 Å². The molecule has 0 aliphatic carbocycles. The third-order valence-electron chi connectivity index (χ3n) is 5.34. The van der Waals surface area contributed by atoms with Gasteiger partial charge in [-0.25, -0.2) is 8.78 Å². The lowest BCUT2D eigenvalue weighted by Crippen LogP contribution is -2.49. The van der Waals surface area contributed by atoms with Crippen LogP contribution in [0.4, 0.5) is 8.78 Å². The maximum Gasteiger partial charge on any atom is 0.217 e. The number of halogens is 2. The molecule has 2 aromatic carbocycles. The van der Waals surface area contributed by atoms with Gasteiger partial charge in [-0.15, -0.1) is 0 Å². The SMILES string of the molecule is CCc1ccc2c(c1)C(NCC(O)C(Cc1cc(F)cc(F)c1)NC(C)=O)CSC2. The first kappa shape index (κ1) is 22.7. The molecule has 0 aromatic heterocycles. The van der Waals surface area contributed by atoms with Crippen LogP contribution >= 0.6 is 11.8 Å². The van der Waals surface area contributed by atoms with E-state index in [2.05, 4.69) is 35.8 Å². The number of rotatable bonds is 8. The van der Waals surface area contributed by atoms with Gasteiger partial charge in [0.25, 0.3) is 0 Å². The Morgan fingerprint density at radius 1 is 1.20 bits per heavy atom. The van der Waals surface area contributed by atoms with Crippen molar-refractivity contribution in [2.75, 3.05) is 12.3 Å². The van der Waals surface area contributed by atoms with E-state index in [4.69, 9.17) is 0 Å². The highest BCUT2D eigenvalue weighted by atomic mass is 32.2. The Labute approximate surface area is 180 Å². The fourth-order valence-electron chi connectivity index (χ4n) is 3.80. The highest BCUT2D eigenvalue weighted by Crippen LogP contribution is 2.32. The third-order valence-corrected chi connectivity index (χ3v) is 6.42. The number of nitrogens with one attached hydrogen (secondary N) is 2. The summed E-state index contributed by atoms with van der Waals surface area (Å²) in [5.41, 5.74) is 4.21. The van der Waals surface area contributed by atoms with Gasteiger partial charge in [-0.3, -0.25) is 4.79 Å². The average Bonchev–Trinajstić information content (AvgIpc) is 2.70. The summed E-state index contributed by atoms with van der Waals surface area (Å²) in [5.74, 6) is 0.206. The molecule has 1 aliphatic rings. The van der Waals surface area contributed by atoms with Crippen LogP contribution in [0.3, 0.4) is 0 Å². The van der Waals surface area contributed by atoms with Crippen molar-refractivity contribution < 1.29 is 18.7 Å². The van der Waals surface area contributed by atoms with Crippen LogP contribution in [0.2, 0.25) is 0 Å². The second-order valence-electron chi connectivity index (χ2n) is 7.72. The van der Waals surface area contributed by atoms with Gasteiger partial charge in [-0.1, -0.05) is 25.1 Å². The molecule has 0 bridgehead atoms. The van der Waals surface area contributed by atoms with Crippen molar-refractivity contribution in [1.82, 2.24) is 10.6 Å². The fraction of sp³-hybridized carbons (Fsp3) is 0.435. The fourth-order valence-corrected chi connectivity index (χ4v) is 4.93. The standard InChI is InChI=1S/C23H28F2N2O2S/c1-3-15-4-5-17-12-30-13-22(20(17)8-15)26-11-23(29)21(27-14(2)28)9-16-6-18(24)10-19(25)7-16/h4-8,10,21-23,26,29H,3,9,11-13H2,1-2H3,(H,27,28). The van der Waals surface area contributed by atoms with E-state index in [0.29, 0.717) is 5.56 Å². The number of carbonyl (C=O) groups excluding carboxylic acids is 1. The molecule has 0 radical (unpaired) electrons. The molecule has 0 saturated heterocycles. The van der Waals surface area contributed by atoms with Crippen molar-refractivity contribution >= 4 is 17.7 Å². The molecule has 3 N–H and O–H groups in total. The van der Waals surface area contributed by atoms with Crippen LogP contribution in [0.1, 0.15) is 42.1 Å². The molecule has 7 heteroatoms. The number of benzene rings is 2. The summed E-state index contributed by atoms with van der Waals surface area (Å²) < 4.78 is 27.1. The predicted octanol–water partition coefficient (Wildman–Crippen LogP) is 3.51. The van der Waals surface area contributed by atoms with Crippen molar-refractivity contribution in [3.8, 4) is 0 Å². The summed E-state index contributed by atoms with van der Waals surface area (Å²) in [7, 11) is 0. The molecule has 1 aliphatic heterocycles. The quantitative estimate of drug-likeness (QED) is 0.595. The van der Waals surface area contributed by atoms with Crippen molar-refractivity contribution in [3.05, 3.63) is 70.3 Å². The van der Waals surface area contributed by atoms with Crippen molar-refractivity contribution in [2.45, 2.75) is 50.6 Å². The summed E-state index contributed by atoms with van der Waals surface area (Å²) in [6.45, 7) is 3.74. The molecule has 162 valence electrons. The van der Waals surface area contributed by atoms with Gasteiger partial charge in [0, 0.05) is 37.1 Å². The number of hydrogen-bond donors (Lipinski definition) is 3. The monoisotopic (exact) mass is 434 g/mol. The Morgan fingerprint density at radius 3 is 2.60 bits per heavy atom. The number of aryl methyl sites for hydroxylation is 1. The Bertz CT molecular complexity index is 873. The predicted molar refractivity (Wildman–Crippen MR) is 116 cm³/mol. The summed E-state index contributed by atoms with van der Waals surface area (Å²) >= 11 is 1.84. The van der Waals surface area contributed by atoms with E-state index in [9.17, 15) is 18.7 Å². The van der Waals surface area contributed by atoms with Crippen LogP contribution in [-0.2, 0) is 23.4 Å². The molecule has 0 spiro atoms. The molecule has 3 rings (SSSR count). The largest absolute Gasteiger partial charge is 0.390 e. The van der Waals surface area contributed by atoms with Gasteiger partial charge in [0.2, 0.25) is 5.91 Å². The van der Waals surface area contributed by atoms with Gasteiger partial charge in [0.15, 0.2) is 0 Å². The first-order valence-corrected chi connectivity index (χ1v) is 11.3. The highest BCUT2D eigenvalue weighted by Gasteiger charge is 2.25. The van der Waals surface area contributed by atoms with Crippen LogP contribution in [0.15, 0.2) is 36.4 Å². The topological polar surface area (TPSA) is 61.4 Å². The van der Waals surface area contributed by atoms with Crippen LogP contribution in [0.25, 0.3) is 0 Å². The highest BCUT2D eigenvalue weighted by molar-refractivity contribution is 7.98. The van der Waals surface area contributed by atoms with Crippen molar-refractivity contribution in [1.29, 1.82) is 0 Å². The zero-order valence-electron chi connectivity index (χ0n) is 17.3. The van der Waals surface area contributed by atoms with E-state index in [1.165, 1.54) is 35.7 Å². The summed E-state index contributed by atoms with van der Waals surface area (Å²) in [5, 5.41) is 16.9. The molecule has 30 heavy (non-hydrogen) atoms. The zero-order valence-corrected chi connectivity index (χ0v) is 18.1. The second kappa shape index (κ2) is 10.4. The number of aliphatic hydroxyl groups excluding tert-OH is 1. The smallest absolute Gasteiger partial charge is 0.217 e. The minimum atomic E-state index is -0.912. The summed E-state index contributed by atoms with van der Waals surface area (Å²) in [6.07, 6.45) is 0.183. The maximum atomic E-state index is 13.5. The average molecular weight is 435 g/mol. The van der Waals surface area contributed by atoms with Crippen molar-refractivity contribution in [3.63, 3.8) is 0 Å². The molecule has 3 unspecified atom stereocenters. The van der Waals surface area contributed by atoms with E-state index in [1.54, 1.807) is 0 Å². The molecule has 3 atom stereocenters. The van der Waals surface area contributed by atoms with Gasteiger partial charge in [0.05, 0.1) is 12.1 Å². The number of carbonyl (C=O) groups is 1. The van der Waals surface area contributed by atoms with Gasteiger partial charge in [-0.2, -0.15) is 11.8 Å². The second-order valence-corrected chi connectivity index (χ2v) is 8.75. The van der Waals surface area contributed by atoms with Crippen LogP contribution in [0, 0.1) is 11.6 Å². The van der Waals surface area contributed by atoms with E-state index >= 15 is 0 Å². The number of fused-ring (bicyclic) bond motifs is 1. The molecular formula is C23H28F2N2O2S. The van der Waals surface area contributed by atoms with Gasteiger partial charge < -0.3 is 15.7 Å². The van der Waals surface area contributed by atoms with Crippen LogP contribution < -0.4 is 10.6 Å². The molecule has 2 aromatic rings. The Balaban J connectivity index is 1.69.